The Hall–Kier alpha value is -3.51. The van der Waals surface area contributed by atoms with E-state index in [4.69, 9.17) is 11.6 Å². The minimum atomic E-state index is -4.75. The van der Waals surface area contributed by atoms with E-state index < -0.39 is 35.3 Å². The maximum Gasteiger partial charge on any atom is 0.416 e. The first-order valence-electron chi connectivity index (χ1n) is 11.9. The monoisotopic (exact) mass is 569 g/mol. The lowest BCUT2D eigenvalue weighted by molar-refractivity contribution is -0.137. The van der Waals surface area contributed by atoms with Crippen LogP contribution >= 0.6 is 11.6 Å². The van der Waals surface area contributed by atoms with Crippen LogP contribution in [0.25, 0.3) is 22.2 Å². The number of halogens is 7. The molecule has 206 valence electrons. The van der Waals surface area contributed by atoms with Crippen molar-refractivity contribution < 1.29 is 31.4 Å². The topological polar surface area (TPSA) is 68.3 Å². The number of H-pyrrole nitrogens is 1. The molecule has 39 heavy (non-hydrogen) atoms. The quantitative estimate of drug-likeness (QED) is 0.217. The predicted octanol–water partition coefficient (Wildman–Crippen LogP) is 6.48. The van der Waals surface area contributed by atoms with Crippen molar-refractivity contribution in [2.75, 3.05) is 29.4 Å². The number of aliphatic hydroxyl groups is 1. The van der Waals surface area contributed by atoms with E-state index in [1.54, 1.807) is 19.2 Å². The second-order valence-electron chi connectivity index (χ2n) is 9.47. The Morgan fingerprint density at radius 1 is 1.08 bits per heavy atom. The number of pyridine rings is 1. The number of benzene rings is 2. The molecule has 0 aliphatic carbocycles. The second kappa shape index (κ2) is 9.91. The van der Waals surface area contributed by atoms with Crippen LogP contribution in [-0.2, 0) is 6.18 Å². The Kier molecular flexibility index (Phi) is 6.88. The van der Waals surface area contributed by atoms with Crippen molar-refractivity contribution in [1.29, 1.82) is 0 Å². The van der Waals surface area contributed by atoms with Crippen molar-refractivity contribution in [1.82, 2.24) is 15.0 Å². The SMILES string of the molecule is C[C@@H]1CN(c2ncc([C@@H](C)O)cc2Cl)CCN1c1nc2c(-c3cc(F)c(F)c(F)c3)cc(C(F)(F)F)cc2[nH]1. The number of piperazine rings is 1. The van der Waals surface area contributed by atoms with E-state index >= 15 is 0 Å². The van der Waals surface area contributed by atoms with Gasteiger partial charge >= 0.3 is 6.18 Å². The number of hydrogen-bond donors (Lipinski definition) is 2. The van der Waals surface area contributed by atoms with Crippen molar-refractivity contribution in [2.45, 2.75) is 32.2 Å². The largest absolute Gasteiger partial charge is 0.416 e. The van der Waals surface area contributed by atoms with Gasteiger partial charge in [-0.05, 0) is 49.7 Å². The van der Waals surface area contributed by atoms with Gasteiger partial charge in [-0.2, -0.15) is 13.2 Å². The van der Waals surface area contributed by atoms with E-state index in [-0.39, 0.29) is 34.2 Å². The molecule has 0 unspecified atom stereocenters. The number of anilines is 2. The summed E-state index contributed by atoms with van der Waals surface area (Å²) in [4.78, 5) is 15.6. The average molecular weight is 570 g/mol. The number of aromatic amines is 1. The normalized spacial score (nSPS) is 17.2. The molecule has 4 aromatic rings. The summed E-state index contributed by atoms with van der Waals surface area (Å²) in [6.07, 6.45) is -3.93. The minimum absolute atomic E-state index is 0.00743. The van der Waals surface area contributed by atoms with Crippen molar-refractivity contribution in [3.05, 3.63) is 70.1 Å². The van der Waals surface area contributed by atoms with Crippen molar-refractivity contribution in [2.24, 2.45) is 0 Å². The highest BCUT2D eigenvalue weighted by Gasteiger charge is 2.33. The fourth-order valence-electron chi connectivity index (χ4n) is 4.71. The van der Waals surface area contributed by atoms with Gasteiger partial charge in [0.2, 0.25) is 5.95 Å². The van der Waals surface area contributed by atoms with Gasteiger partial charge in [0, 0.05) is 43.0 Å². The molecule has 0 spiro atoms. The summed E-state index contributed by atoms with van der Waals surface area (Å²) < 4.78 is 82.5. The molecule has 3 heterocycles. The van der Waals surface area contributed by atoms with E-state index in [0.717, 1.165) is 12.1 Å². The fraction of sp³-hybridized carbons (Fsp3) is 0.308. The maximum absolute atomic E-state index is 14.0. The standard InChI is InChI=1S/C26H22ClF6N5O/c1-12-11-37(24-18(27)5-15(10-34-24)13(2)39)3-4-38(12)25-35-21-9-16(26(31,32)33)8-17(23(21)36-25)14-6-19(28)22(30)20(29)7-14/h5-10,12-13,39H,3-4,11H2,1-2H3,(H,35,36)/t12-,13-/m1/s1. The molecule has 0 bridgehead atoms. The van der Waals surface area contributed by atoms with Crippen molar-refractivity contribution >= 4 is 34.4 Å². The summed E-state index contributed by atoms with van der Waals surface area (Å²) in [5.41, 5.74) is -0.887. The molecule has 0 amide bonds. The van der Waals surface area contributed by atoms with Gasteiger partial charge in [0.05, 0.1) is 27.7 Å². The first-order chi connectivity index (χ1) is 18.3. The van der Waals surface area contributed by atoms with Crippen LogP contribution in [-0.4, -0.2) is 45.7 Å². The summed E-state index contributed by atoms with van der Waals surface area (Å²) >= 11 is 6.40. The molecule has 6 nitrogen and oxygen atoms in total. The number of fused-ring (bicyclic) bond motifs is 1. The highest BCUT2D eigenvalue weighted by atomic mass is 35.5. The highest BCUT2D eigenvalue weighted by Crippen LogP contribution is 2.38. The third-order valence-electron chi connectivity index (χ3n) is 6.72. The van der Waals surface area contributed by atoms with Crippen LogP contribution in [0.1, 0.15) is 31.1 Å². The Morgan fingerprint density at radius 2 is 1.77 bits per heavy atom. The van der Waals surface area contributed by atoms with Gasteiger partial charge in [-0.3, -0.25) is 0 Å². The number of aromatic nitrogens is 3. The number of nitrogens with one attached hydrogen (secondary N) is 1. The van der Waals surface area contributed by atoms with Gasteiger partial charge in [-0.1, -0.05) is 11.6 Å². The predicted molar refractivity (Wildman–Crippen MR) is 135 cm³/mol. The van der Waals surface area contributed by atoms with Crippen LogP contribution in [0.3, 0.4) is 0 Å². The zero-order valence-electron chi connectivity index (χ0n) is 20.6. The Bertz CT molecular complexity index is 1530. The Morgan fingerprint density at radius 3 is 2.36 bits per heavy atom. The molecule has 1 fully saturated rings. The van der Waals surface area contributed by atoms with E-state index in [1.165, 1.54) is 0 Å². The number of imidazole rings is 1. The van der Waals surface area contributed by atoms with Crippen LogP contribution in [0, 0.1) is 17.5 Å². The average Bonchev–Trinajstić information content (AvgIpc) is 3.29. The number of nitrogens with zero attached hydrogens (tertiary/aromatic N) is 4. The number of rotatable bonds is 4. The van der Waals surface area contributed by atoms with Crippen molar-refractivity contribution in [3.8, 4) is 11.1 Å². The summed E-state index contributed by atoms with van der Waals surface area (Å²) in [6, 6.07) is 4.35. The van der Waals surface area contributed by atoms with Gasteiger partial charge in [-0.15, -0.1) is 0 Å². The molecular formula is C26H22ClF6N5O. The molecular weight excluding hydrogens is 548 g/mol. The Labute approximate surface area is 223 Å². The molecule has 1 saturated heterocycles. The molecule has 2 atom stereocenters. The Balaban J connectivity index is 1.50. The third kappa shape index (κ3) is 5.10. The molecule has 2 aromatic carbocycles. The zero-order chi connectivity index (χ0) is 28.2. The number of aliphatic hydroxyl groups excluding tert-OH is 1. The molecule has 1 aliphatic heterocycles. The number of hydrogen-bond acceptors (Lipinski definition) is 5. The molecule has 5 rings (SSSR count). The van der Waals surface area contributed by atoms with Crippen molar-refractivity contribution in [3.63, 3.8) is 0 Å². The summed E-state index contributed by atoms with van der Waals surface area (Å²) in [7, 11) is 0. The van der Waals surface area contributed by atoms with Crippen LogP contribution in [0.2, 0.25) is 5.02 Å². The highest BCUT2D eigenvalue weighted by molar-refractivity contribution is 6.33. The molecule has 2 N–H and O–H groups in total. The second-order valence-corrected chi connectivity index (χ2v) is 9.88. The van der Waals surface area contributed by atoms with Gasteiger partial charge in [0.1, 0.15) is 5.82 Å². The lowest BCUT2D eigenvalue weighted by Crippen LogP contribution is -2.52. The van der Waals surface area contributed by atoms with Gasteiger partial charge in [0.25, 0.3) is 0 Å². The van der Waals surface area contributed by atoms with Crippen LogP contribution in [0.4, 0.5) is 38.1 Å². The molecule has 2 aromatic heterocycles. The van der Waals surface area contributed by atoms with E-state index in [9.17, 15) is 31.4 Å². The molecule has 1 aliphatic rings. The van der Waals surface area contributed by atoms with Gasteiger partial charge in [-0.25, -0.2) is 23.1 Å². The molecule has 13 heteroatoms. The van der Waals surface area contributed by atoms with Gasteiger partial charge in [0.15, 0.2) is 17.5 Å². The summed E-state index contributed by atoms with van der Waals surface area (Å²) in [5, 5.41) is 10.1. The van der Waals surface area contributed by atoms with E-state index in [1.807, 2.05) is 16.7 Å². The first-order valence-corrected chi connectivity index (χ1v) is 12.3. The lowest BCUT2D eigenvalue weighted by Gasteiger charge is -2.40. The number of alkyl halides is 3. The smallest absolute Gasteiger partial charge is 0.389 e. The maximum atomic E-state index is 14.0. The van der Waals surface area contributed by atoms with Crippen LogP contribution in [0.5, 0.6) is 0 Å². The first kappa shape index (κ1) is 27.1. The third-order valence-corrected chi connectivity index (χ3v) is 7.00. The summed E-state index contributed by atoms with van der Waals surface area (Å²) in [6.45, 7) is 4.81. The molecule has 0 radical (unpaired) electrons. The van der Waals surface area contributed by atoms with E-state index in [0.29, 0.717) is 48.2 Å². The van der Waals surface area contributed by atoms with Gasteiger partial charge < -0.3 is 19.9 Å². The summed E-state index contributed by atoms with van der Waals surface area (Å²) in [5.74, 6) is -3.96. The zero-order valence-corrected chi connectivity index (χ0v) is 21.4. The van der Waals surface area contributed by atoms with Crippen LogP contribution in [0.15, 0.2) is 36.5 Å². The van der Waals surface area contributed by atoms with E-state index in [2.05, 4.69) is 15.0 Å². The fourth-order valence-corrected chi connectivity index (χ4v) is 5.00. The lowest BCUT2D eigenvalue weighted by atomic mass is 10.0. The molecule has 0 saturated carbocycles. The van der Waals surface area contributed by atoms with Crippen LogP contribution < -0.4 is 9.80 Å². The minimum Gasteiger partial charge on any atom is -0.389 e.